The molecule has 0 unspecified atom stereocenters. The summed E-state index contributed by atoms with van der Waals surface area (Å²) in [6.07, 6.45) is 3.98. The SMILES string of the molecule is CCOc1cc(CCCNC(=NC)NCc2cn3c(C)cccc3n2)ccc1OC. The van der Waals surface area contributed by atoms with E-state index < -0.39 is 0 Å². The lowest BCUT2D eigenvalue weighted by atomic mass is 10.1. The Morgan fingerprint density at radius 2 is 2.03 bits per heavy atom. The van der Waals surface area contributed by atoms with Gasteiger partial charge in [0, 0.05) is 25.5 Å². The number of nitrogens with one attached hydrogen (secondary N) is 2. The van der Waals surface area contributed by atoms with E-state index in [-0.39, 0.29) is 0 Å². The van der Waals surface area contributed by atoms with Crippen LogP contribution in [0.2, 0.25) is 0 Å². The summed E-state index contributed by atoms with van der Waals surface area (Å²) in [5.41, 5.74) is 4.33. The fraction of sp³-hybridized carbons (Fsp3) is 0.391. The zero-order valence-electron chi connectivity index (χ0n) is 18.2. The third kappa shape index (κ3) is 5.43. The average Bonchev–Trinajstić information content (AvgIpc) is 3.18. The number of imidazole rings is 1. The molecule has 2 N–H and O–H groups in total. The molecule has 3 rings (SSSR count). The first-order chi connectivity index (χ1) is 14.6. The third-order valence-corrected chi connectivity index (χ3v) is 4.87. The van der Waals surface area contributed by atoms with Crippen LogP contribution in [0, 0.1) is 6.92 Å². The number of hydrogen-bond donors (Lipinski definition) is 2. The number of ether oxygens (including phenoxy) is 2. The summed E-state index contributed by atoms with van der Waals surface area (Å²) >= 11 is 0. The number of aliphatic imine (C=N–C) groups is 1. The Kier molecular flexibility index (Phi) is 7.54. The predicted octanol–water partition coefficient (Wildman–Crippen LogP) is 3.35. The molecule has 0 aliphatic carbocycles. The van der Waals surface area contributed by atoms with Gasteiger partial charge in [0.15, 0.2) is 17.5 Å². The van der Waals surface area contributed by atoms with Gasteiger partial charge >= 0.3 is 0 Å². The molecule has 2 heterocycles. The minimum Gasteiger partial charge on any atom is -0.493 e. The Morgan fingerprint density at radius 3 is 2.77 bits per heavy atom. The zero-order chi connectivity index (χ0) is 21.3. The largest absolute Gasteiger partial charge is 0.493 e. The molecule has 1 aromatic carbocycles. The molecule has 30 heavy (non-hydrogen) atoms. The number of guanidine groups is 1. The molecule has 0 atom stereocenters. The highest BCUT2D eigenvalue weighted by Crippen LogP contribution is 2.28. The Balaban J connectivity index is 1.46. The third-order valence-electron chi connectivity index (χ3n) is 4.87. The normalized spacial score (nSPS) is 11.5. The molecule has 0 bridgehead atoms. The molecule has 3 aromatic rings. The van der Waals surface area contributed by atoms with Crippen LogP contribution >= 0.6 is 0 Å². The van der Waals surface area contributed by atoms with E-state index in [4.69, 9.17) is 9.47 Å². The average molecular weight is 410 g/mol. The van der Waals surface area contributed by atoms with E-state index in [0.29, 0.717) is 13.2 Å². The van der Waals surface area contributed by atoms with E-state index >= 15 is 0 Å². The first-order valence-electron chi connectivity index (χ1n) is 10.3. The van der Waals surface area contributed by atoms with Crippen LogP contribution in [0.15, 0.2) is 47.6 Å². The summed E-state index contributed by atoms with van der Waals surface area (Å²) in [5.74, 6) is 2.34. The van der Waals surface area contributed by atoms with Crippen LogP contribution in [0.5, 0.6) is 11.5 Å². The van der Waals surface area contributed by atoms with Gasteiger partial charge < -0.3 is 24.5 Å². The maximum Gasteiger partial charge on any atom is 0.191 e. The predicted molar refractivity (Wildman–Crippen MR) is 121 cm³/mol. The molecule has 2 aromatic heterocycles. The first kappa shape index (κ1) is 21.5. The van der Waals surface area contributed by atoms with Crippen molar-refractivity contribution >= 4 is 11.6 Å². The lowest BCUT2D eigenvalue weighted by Crippen LogP contribution is -2.37. The van der Waals surface area contributed by atoms with Gasteiger partial charge in [0.05, 0.1) is 26.0 Å². The Morgan fingerprint density at radius 1 is 1.17 bits per heavy atom. The van der Waals surface area contributed by atoms with Gasteiger partial charge in [-0.25, -0.2) is 4.98 Å². The van der Waals surface area contributed by atoms with Gasteiger partial charge in [-0.2, -0.15) is 0 Å². The van der Waals surface area contributed by atoms with Gasteiger partial charge in [0.2, 0.25) is 0 Å². The first-order valence-corrected chi connectivity index (χ1v) is 10.3. The molecule has 0 saturated carbocycles. The van der Waals surface area contributed by atoms with Crippen molar-refractivity contribution in [3.63, 3.8) is 0 Å². The van der Waals surface area contributed by atoms with Crippen molar-refractivity contribution in [3.05, 3.63) is 59.5 Å². The monoisotopic (exact) mass is 409 g/mol. The fourth-order valence-electron chi connectivity index (χ4n) is 3.32. The summed E-state index contributed by atoms with van der Waals surface area (Å²) in [6, 6.07) is 12.2. The van der Waals surface area contributed by atoms with Crippen LogP contribution < -0.4 is 20.1 Å². The van der Waals surface area contributed by atoms with Crippen molar-refractivity contribution in [2.75, 3.05) is 27.3 Å². The van der Waals surface area contributed by atoms with Crippen molar-refractivity contribution in [2.45, 2.75) is 33.2 Å². The van der Waals surface area contributed by atoms with E-state index in [1.54, 1.807) is 14.2 Å². The van der Waals surface area contributed by atoms with Gasteiger partial charge in [0.1, 0.15) is 5.65 Å². The molecular weight excluding hydrogens is 378 g/mol. The van der Waals surface area contributed by atoms with E-state index in [9.17, 15) is 0 Å². The highest BCUT2D eigenvalue weighted by molar-refractivity contribution is 5.79. The standard InChI is InChI=1S/C23H31N5O2/c1-5-30-21-14-18(11-12-20(21)29-4)9-7-13-25-23(24-3)26-15-19-16-28-17(2)8-6-10-22(28)27-19/h6,8,10-12,14,16H,5,7,9,13,15H2,1-4H3,(H2,24,25,26). The van der Waals surface area contributed by atoms with Crippen LogP contribution in [0.1, 0.15) is 30.3 Å². The Bertz CT molecular complexity index is 996. The van der Waals surface area contributed by atoms with Gasteiger partial charge in [-0.15, -0.1) is 0 Å². The molecular formula is C23H31N5O2. The minimum atomic E-state index is 0.620. The number of hydrogen-bond acceptors (Lipinski definition) is 4. The molecule has 0 aliphatic rings. The minimum absolute atomic E-state index is 0.620. The Labute approximate surface area is 178 Å². The van der Waals surface area contributed by atoms with Crippen LogP contribution in [0.4, 0.5) is 0 Å². The number of pyridine rings is 1. The molecule has 160 valence electrons. The van der Waals surface area contributed by atoms with Crippen molar-refractivity contribution in [3.8, 4) is 11.5 Å². The number of methoxy groups -OCH3 is 1. The highest BCUT2D eigenvalue weighted by atomic mass is 16.5. The van der Waals surface area contributed by atoms with Crippen molar-refractivity contribution in [1.29, 1.82) is 0 Å². The number of rotatable bonds is 9. The van der Waals surface area contributed by atoms with E-state index in [0.717, 1.165) is 48.2 Å². The maximum atomic E-state index is 5.66. The lowest BCUT2D eigenvalue weighted by molar-refractivity contribution is 0.310. The van der Waals surface area contributed by atoms with Crippen molar-refractivity contribution in [2.24, 2.45) is 4.99 Å². The number of fused-ring (bicyclic) bond motifs is 1. The number of nitrogens with zero attached hydrogens (tertiary/aromatic N) is 3. The Hall–Kier alpha value is -3.22. The van der Waals surface area contributed by atoms with Gasteiger partial charge in [0.25, 0.3) is 0 Å². The molecule has 0 saturated heterocycles. The number of benzene rings is 1. The highest BCUT2D eigenvalue weighted by Gasteiger charge is 2.06. The molecule has 7 heteroatoms. The van der Waals surface area contributed by atoms with Crippen molar-refractivity contribution in [1.82, 2.24) is 20.0 Å². The molecule has 0 amide bonds. The van der Waals surface area contributed by atoms with E-state index in [1.165, 1.54) is 11.3 Å². The lowest BCUT2D eigenvalue weighted by Gasteiger charge is -2.12. The van der Waals surface area contributed by atoms with Crippen LogP contribution in [0.3, 0.4) is 0 Å². The summed E-state index contributed by atoms with van der Waals surface area (Å²) in [7, 11) is 3.44. The molecule has 0 fully saturated rings. The van der Waals surface area contributed by atoms with Crippen LogP contribution in [0.25, 0.3) is 5.65 Å². The second-order valence-corrected chi connectivity index (χ2v) is 7.00. The summed E-state index contributed by atoms with van der Waals surface area (Å²) in [4.78, 5) is 8.95. The second-order valence-electron chi connectivity index (χ2n) is 7.00. The summed E-state index contributed by atoms with van der Waals surface area (Å²) in [6.45, 7) is 6.11. The molecule has 0 spiro atoms. The van der Waals surface area contributed by atoms with Gasteiger partial charge in [-0.3, -0.25) is 4.99 Å². The van der Waals surface area contributed by atoms with Gasteiger partial charge in [-0.05, 0) is 56.5 Å². The van der Waals surface area contributed by atoms with Crippen LogP contribution in [-0.2, 0) is 13.0 Å². The molecule has 0 radical (unpaired) electrons. The van der Waals surface area contributed by atoms with Crippen molar-refractivity contribution < 1.29 is 9.47 Å². The quantitative estimate of drug-likeness (QED) is 0.322. The van der Waals surface area contributed by atoms with Gasteiger partial charge in [-0.1, -0.05) is 12.1 Å². The maximum absolute atomic E-state index is 5.66. The summed E-state index contributed by atoms with van der Waals surface area (Å²) in [5, 5.41) is 6.70. The smallest absolute Gasteiger partial charge is 0.191 e. The van der Waals surface area contributed by atoms with Crippen LogP contribution in [-0.4, -0.2) is 42.7 Å². The number of aryl methyl sites for hydroxylation is 2. The topological polar surface area (TPSA) is 72.2 Å². The molecule has 0 aliphatic heterocycles. The number of aromatic nitrogens is 2. The fourth-order valence-corrected chi connectivity index (χ4v) is 3.32. The van der Waals surface area contributed by atoms with E-state index in [2.05, 4.69) is 56.3 Å². The molecule has 7 nitrogen and oxygen atoms in total. The van der Waals surface area contributed by atoms with E-state index in [1.807, 2.05) is 25.1 Å². The zero-order valence-corrected chi connectivity index (χ0v) is 18.2. The summed E-state index contributed by atoms with van der Waals surface area (Å²) < 4.78 is 13.1. The second kappa shape index (κ2) is 10.5.